The Labute approximate surface area is 141 Å². The number of benzene rings is 2. The topological polar surface area (TPSA) is 46.2 Å². The van der Waals surface area contributed by atoms with Crippen LogP contribution in [0.15, 0.2) is 42.5 Å². The second kappa shape index (κ2) is 7.97. The Morgan fingerprint density at radius 2 is 1.74 bits per heavy atom. The summed E-state index contributed by atoms with van der Waals surface area (Å²) >= 11 is 1.34. The first kappa shape index (κ1) is 17.3. The molecule has 1 N–H and O–H groups in total. The number of amides is 1. The fourth-order valence-electron chi connectivity index (χ4n) is 2.15. The van der Waals surface area contributed by atoms with Crippen LogP contribution in [0.1, 0.15) is 27.0 Å². The second-order valence-electron chi connectivity index (χ2n) is 5.63. The average Bonchev–Trinajstić information content (AvgIpc) is 2.50. The van der Waals surface area contributed by atoms with E-state index >= 15 is 0 Å². The summed E-state index contributed by atoms with van der Waals surface area (Å²) < 4.78 is 0. The van der Waals surface area contributed by atoms with Gasteiger partial charge in [-0.15, -0.1) is 11.8 Å². The lowest BCUT2D eigenvalue weighted by atomic mass is 10.0. The van der Waals surface area contributed by atoms with Gasteiger partial charge in [-0.2, -0.15) is 0 Å². The number of anilines is 1. The number of nitrogens with one attached hydrogen (secondary N) is 1. The highest BCUT2D eigenvalue weighted by Crippen LogP contribution is 2.14. The summed E-state index contributed by atoms with van der Waals surface area (Å²) in [5, 5.41) is 2.84. The van der Waals surface area contributed by atoms with E-state index in [1.807, 2.05) is 63.2 Å². The lowest BCUT2D eigenvalue weighted by Crippen LogP contribution is -2.15. The smallest absolute Gasteiger partial charge is 0.234 e. The van der Waals surface area contributed by atoms with Gasteiger partial charge in [0, 0.05) is 11.3 Å². The molecule has 0 bridgehead atoms. The van der Waals surface area contributed by atoms with E-state index in [1.54, 1.807) is 0 Å². The Kier molecular flexibility index (Phi) is 5.99. The fraction of sp³-hybridized carbons (Fsp3) is 0.263. The van der Waals surface area contributed by atoms with Gasteiger partial charge in [0.25, 0.3) is 0 Å². The molecule has 0 spiro atoms. The normalized spacial score (nSPS) is 10.4. The first-order valence-electron chi connectivity index (χ1n) is 7.50. The summed E-state index contributed by atoms with van der Waals surface area (Å²) in [5.41, 5.74) is 4.88. The molecule has 23 heavy (non-hydrogen) atoms. The standard InChI is InChI=1S/C19H21NO2S/c1-13-5-4-6-17(9-13)20-19(22)12-23-11-18(21)16-8-7-14(2)15(3)10-16/h4-10H,11-12H2,1-3H3,(H,20,22). The molecule has 1 amide bonds. The van der Waals surface area contributed by atoms with Crippen LogP contribution < -0.4 is 5.32 Å². The maximum atomic E-state index is 12.1. The summed E-state index contributed by atoms with van der Waals surface area (Å²) in [6.07, 6.45) is 0. The molecule has 0 aliphatic rings. The Balaban J connectivity index is 1.81. The molecule has 0 saturated heterocycles. The van der Waals surface area contributed by atoms with Gasteiger partial charge in [0.15, 0.2) is 5.78 Å². The summed E-state index contributed by atoms with van der Waals surface area (Å²) in [6, 6.07) is 13.4. The molecule has 2 aromatic carbocycles. The predicted octanol–water partition coefficient (Wildman–Crippen LogP) is 4.17. The third-order valence-electron chi connectivity index (χ3n) is 3.60. The van der Waals surface area contributed by atoms with E-state index in [4.69, 9.17) is 0 Å². The van der Waals surface area contributed by atoms with Crippen molar-refractivity contribution in [2.75, 3.05) is 16.8 Å². The van der Waals surface area contributed by atoms with Gasteiger partial charge in [-0.25, -0.2) is 0 Å². The van der Waals surface area contributed by atoms with Crippen molar-refractivity contribution in [1.82, 2.24) is 0 Å². The van der Waals surface area contributed by atoms with Gasteiger partial charge < -0.3 is 5.32 Å². The molecule has 0 heterocycles. The third kappa shape index (κ3) is 5.25. The van der Waals surface area contributed by atoms with Crippen LogP contribution in [0.4, 0.5) is 5.69 Å². The van der Waals surface area contributed by atoms with Gasteiger partial charge >= 0.3 is 0 Å². The van der Waals surface area contributed by atoms with Crippen molar-refractivity contribution in [3.63, 3.8) is 0 Å². The average molecular weight is 327 g/mol. The molecular formula is C19H21NO2S. The highest BCUT2D eigenvalue weighted by Gasteiger charge is 2.09. The molecule has 4 heteroatoms. The monoisotopic (exact) mass is 327 g/mol. The van der Waals surface area contributed by atoms with Crippen molar-refractivity contribution in [3.05, 3.63) is 64.7 Å². The highest BCUT2D eigenvalue weighted by atomic mass is 32.2. The summed E-state index contributed by atoms with van der Waals surface area (Å²) in [7, 11) is 0. The van der Waals surface area contributed by atoms with Crippen LogP contribution in [0.3, 0.4) is 0 Å². The minimum absolute atomic E-state index is 0.0569. The zero-order chi connectivity index (χ0) is 16.8. The molecule has 0 aliphatic heterocycles. The molecule has 0 radical (unpaired) electrons. The number of thioether (sulfide) groups is 1. The number of hydrogen-bond donors (Lipinski definition) is 1. The lowest BCUT2D eigenvalue weighted by molar-refractivity contribution is -0.113. The molecule has 120 valence electrons. The molecular weight excluding hydrogens is 306 g/mol. The first-order valence-corrected chi connectivity index (χ1v) is 8.66. The third-order valence-corrected chi connectivity index (χ3v) is 4.53. The van der Waals surface area contributed by atoms with E-state index in [1.165, 1.54) is 17.3 Å². The van der Waals surface area contributed by atoms with Crippen LogP contribution in [0.25, 0.3) is 0 Å². The zero-order valence-electron chi connectivity index (χ0n) is 13.7. The van der Waals surface area contributed by atoms with Crippen molar-refractivity contribution in [1.29, 1.82) is 0 Å². The van der Waals surface area contributed by atoms with Crippen LogP contribution >= 0.6 is 11.8 Å². The van der Waals surface area contributed by atoms with Gasteiger partial charge in [0.05, 0.1) is 11.5 Å². The van der Waals surface area contributed by atoms with Gasteiger partial charge in [-0.1, -0.05) is 24.3 Å². The summed E-state index contributed by atoms with van der Waals surface area (Å²) in [5.74, 6) is 0.545. The van der Waals surface area contributed by atoms with Crippen molar-refractivity contribution in [2.24, 2.45) is 0 Å². The number of carbonyl (C=O) groups excluding carboxylic acids is 2. The fourth-order valence-corrected chi connectivity index (χ4v) is 2.87. The van der Waals surface area contributed by atoms with Crippen molar-refractivity contribution >= 4 is 29.1 Å². The zero-order valence-corrected chi connectivity index (χ0v) is 14.5. The molecule has 3 nitrogen and oxygen atoms in total. The number of Topliss-reactive ketones (excluding diaryl/α,β-unsaturated/α-hetero) is 1. The van der Waals surface area contributed by atoms with E-state index in [2.05, 4.69) is 5.32 Å². The molecule has 2 rings (SSSR count). The van der Waals surface area contributed by atoms with Crippen molar-refractivity contribution in [3.8, 4) is 0 Å². The van der Waals surface area contributed by atoms with Crippen molar-refractivity contribution in [2.45, 2.75) is 20.8 Å². The SMILES string of the molecule is Cc1cccc(NC(=O)CSCC(=O)c2ccc(C)c(C)c2)c1. The van der Waals surface area contributed by atoms with E-state index in [0.29, 0.717) is 11.3 Å². The van der Waals surface area contributed by atoms with Crippen LogP contribution in [0.5, 0.6) is 0 Å². The molecule has 0 saturated carbocycles. The molecule has 0 atom stereocenters. The largest absolute Gasteiger partial charge is 0.325 e. The number of aryl methyl sites for hydroxylation is 3. The second-order valence-corrected chi connectivity index (χ2v) is 6.62. The van der Waals surface area contributed by atoms with E-state index < -0.39 is 0 Å². The number of rotatable bonds is 6. The van der Waals surface area contributed by atoms with E-state index in [9.17, 15) is 9.59 Å². The van der Waals surface area contributed by atoms with Crippen LogP contribution in [0.2, 0.25) is 0 Å². The van der Waals surface area contributed by atoms with Crippen LogP contribution in [-0.2, 0) is 4.79 Å². The van der Waals surface area contributed by atoms with E-state index in [0.717, 1.165) is 16.8 Å². The quantitative estimate of drug-likeness (QED) is 0.810. The Hall–Kier alpha value is -2.07. The highest BCUT2D eigenvalue weighted by molar-refractivity contribution is 8.00. The summed E-state index contributed by atoms with van der Waals surface area (Å²) in [4.78, 5) is 24.0. The maximum absolute atomic E-state index is 12.1. The molecule has 0 unspecified atom stereocenters. The van der Waals surface area contributed by atoms with Gasteiger partial charge in [-0.05, 0) is 55.7 Å². The summed E-state index contributed by atoms with van der Waals surface area (Å²) in [6.45, 7) is 6.00. The number of hydrogen-bond acceptors (Lipinski definition) is 3. The van der Waals surface area contributed by atoms with Crippen LogP contribution in [-0.4, -0.2) is 23.2 Å². The number of ketones is 1. The van der Waals surface area contributed by atoms with Gasteiger partial charge in [0.2, 0.25) is 5.91 Å². The molecule has 0 aromatic heterocycles. The Bertz CT molecular complexity index is 725. The van der Waals surface area contributed by atoms with E-state index in [-0.39, 0.29) is 17.4 Å². The minimum atomic E-state index is -0.0894. The van der Waals surface area contributed by atoms with Gasteiger partial charge in [0.1, 0.15) is 0 Å². The lowest BCUT2D eigenvalue weighted by Gasteiger charge is -2.06. The first-order chi connectivity index (χ1) is 11.0. The number of carbonyl (C=O) groups is 2. The maximum Gasteiger partial charge on any atom is 0.234 e. The van der Waals surface area contributed by atoms with Crippen LogP contribution in [0, 0.1) is 20.8 Å². The minimum Gasteiger partial charge on any atom is -0.325 e. The Morgan fingerprint density at radius 3 is 2.43 bits per heavy atom. The predicted molar refractivity (Wildman–Crippen MR) is 97.4 cm³/mol. The molecule has 0 aliphatic carbocycles. The van der Waals surface area contributed by atoms with Gasteiger partial charge in [-0.3, -0.25) is 9.59 Å². The molecule has 2 aromatic rings. The molecule has 0 fully saturated rings. The Morgan fingerprint density at radius 1 is 0.957 bits per heavy atom. The van der Waals surface area contributed by atoms with Crippen molar-refractivity contribution < 1.29 is 9.59 Å².